The average Bonchev–Trinajstić information content (AvgIpc) is 2.63. The molecule has 0 aliphatic heterocycles. The summed E-state index contributed by atoms with van der Waals surface area (Å²) < 4.78 is 7.31. The van der Waals surface area contributed by atoms with Gasteiger partial charge in [-0.2, -0.15) is 0 Å². The van der Waals surface area contributed by atoms with Crippen LogP contribution in [-0.2, 0) is 11.3 Å². The first kappa shape index (κ1) is 9.28. The van der Waals surface area contributed by atoms with Crippen LogP contribution in [0.2, 0.25) is 0 Å². The summed E-state index contributed by atoms with van der Waals surface area (Å²) in [7, 11) is 1.74. The van der Waals surface area contributed by atoms with Crippen molar-refractivity contribution in [1.29, 1.82) is 0 Å². The zero-order valence-electron chi connectivity index (χ0n) is 8.44. The number of ether oxygens (including phenoxy) is 1. The third-order valence-corrected chi connectivity index (χ3v) is 2.43. The second-order valence-electron chi connectivity index (χ2n) is 3.41. The average molecular weight is 189 g/mol. The lowest BCUT2D eigenvalue weighted by molar-refractivity contribution is 0.190. The molecule has 0 saturated carbocycles. The van der Waals surface area contributed by atoms with E-state index in [2.05, 4.69) is 41.1 Å². The summed E-state index contributed by atoms with van der Waals surface area (Å²) in [5, 5.41) is 1.31. The van der Waals surface area contributed by atoms with Crippen LogP contribution in [0.1, 0.15) is 6.42 Å². The SMILES string of the molecule is COCCCn1ccc2ccccc21. The summed E-state index contributed by atoms with van der Waals surface area (Å²) in [4.78, 5) is 0. The molecule has 74 valence electrons. The molecule has 1 heterocycles. The van der Waals surface area contributed by atoms with E-state index in [0.717, 1.165) is 19.6 Å². The quantitative estimate of drug-likeness (QED) is 0.674. The first-order chi connectivity index (χ1) is 6.92. The van der Waals surface area contributed by atoms with E-state index in [1.165, 1.54) is 10.9 Å². The molecule has 2 nitrogen and oxygen atoms in total. The highest BCUT2D eigenvalue weighted by atomic mass is 16.5. The molecule has 1 aromatic heterocycles. The molecule has 0 spiro atoms. The van der Waals surface area contributed by atoms with Crippen molar-refractivity contribution < 1.29 is 4.74 Å². The number of nitrogens with zero attached hydrogens (tertiary/aromatic N) is 1. The van der Waals surface area contributed by atoms with Gasteiger partial charge in [-0.15, -0.1) is 0 Å². The van der Waals surface area contributed by atoms with Gasteiger partial charge in [0.05, 0.1) is 0 Å². The van der Waals surface area contributed by atoms with Crippen LogP contribution in [0.5, 0.6) is 0 Å². The molecule has 2 heteroatoms. The van der Waals surface area contributed by atoms with Crippen LogP contribution in [0, 0.1) is 0 Å². The highest BCUT2D eigenvalue weighted by Crippen LogP contribution is 2.15. The Morgan fingerprint density at radius 2 is 2.07 bits per heavy atom. The molecule has 0 atom stereocenters. The molecule has 0 aliphatic carbocycles. The van der Waals surface area contributed by atoms with Gasteiger partial charge in [-0.3, -0.25) is 0 Å². The molecule has 0 radical (unpaired) electrons. The molecule has 14 heavy (non-hydrogen) atoms. The first-order valence-electron chi connectivity index (χ1n) is 4.94. The lowest BCUT2D eigenvalue weighted by atomic mass is 10.2. The van der Waals surface area contributed by atoms with Crippen LogP contribution in [0.4, 0.5) is 0 Å². The molecular weight excluding hydrogens is 174 g/mol. The normalized spacial score (nSPS) is 10.9. The van der Waals surface area contributed by atoms with Gasteiger partial charge in [-0.25, -0.2) is 0 Å². The molecular formula is C12H15NO. The topological polar surface area (TPSA) is 14.2 Å². The van der Waals surface area contributed by atoms with E-state index in [1.54, 1.807) is 7.11 Å². The summed E-state index contributed by atoms with van der Waals surface area (Å²) in [6, 6.07) is 10.6. The van der Waals surface area contributed by atoms with E-state index in [-0.39, 0.29) is 0 Å². The number of fused-ring (bicyclic) bond motifs is 1. The Balaban J connectivity index is 2.17. The van der Waals surface area contributed by atoms with E-state index < -0.39 is 0 Å². The maximum absolute atomic E-state index is 5.04. The highest BCUT2D eigenvalue weighted by Gasteiger charge is 1.98. The van der Waals surface area contributed by atoms with Gasteiger partial charge in [0.25, 0.3) is 0 Å². The second kappa shape index (κ2) is 4.29. The van der Waals surface area contributed by atoms with Gasteiger partial charge in [0.15, 0.2) is 0 Å². The lowest BCUT2D eigenvalue weighted by Gasteiger charge is -2.04. The summed E-state index contributed by atoms with van der Waals surface area (Å²) in [5.74, 6) is 0. The van der Waals surface area contributed by atoms with Crippen molar-refractivity contribution in [1.82, 2.24) is 4.57 Å². The molecule has 0 amide bonds. The van der Waals surface area contributed by atoms with Gasteiger partial charge in [0, 0.05) is 32.0 Å². The number of methoxy groups -OCH3 is 1. The summed E-state index contributed by atoms with van der Waals surface area (Å²) in [6.07, 6.45) is 3.20. The monoisotopic (exact) mass is 189 g/mol. The minimum Gasteiger partial charge on any atom is -0.385 e. The van der Waals surface area contributed by atoms with E-state index >= 15 is 0 Å². The number of rotatable bonds is 4. The zero-order chi connectivity index (χ0) is 9.80. The Morgan fingerprint density at radius 1 is 1.21 bits per heavy atom. The first-order valence-corrected chi connectivity index (χ1v) is 4.94. The molecule has 2 aromatic rings. The molecule has 1 aromatic carbocycles. The van der Waals surface area contributed by atoms with E-state index in [0.29, 0.717) is 0 Å². The third kappa shape index (κ3) is 1.80. The van der Waals surface area contributed by atoms with Gasteiger partial charge in [0.1, 0.15) is 0 Å². The van der Waals surface area contributed by atoms with Crippen molar-refractivity contribution in [3.05, 3.63) is 36.5 Å². The molecule has 2 rings (SSSR count). The van der Waals surface area contributed by atoms with Crippen molar-refractivity contribution in [2.45, 2.75) is 13.0 Å². The van der Waals surface area contributed by atoms with E-state index in [9.17, 15) is 0 Å². The number of hydrogen-bond acceptors (Lipinski definition) is 1. The fraction of sp³-hybridized carbons (Fsp3) is 0.333. The van der Waals surface area contributed by atoms with Crippen LogP contribution in [-0.4, -0.2) is 18.3 Å². The van der Waals surface area contributed by atoms with Crippen molar-refractivity contribution in [3.63, 3.8) is 0 Å². The molecule has 0 unspecified atom stereocenters. The molecule has 0 saturated heterocycles. The number of hydrogen-bond donors (Lipinski definition) is 0. The van der Waals surface area contributed by atoms with Gasteiger partial charge in [-0.1, -0.05) is 18.2 Å². The fourth-order valence-electron chi connectivity index (χ4n) is 1.71. The van der Waals surface area contributed by atoms with Crippen molar-refractivity contribution in [2.24, 2.45) is 0 Å². The second-order valence-corrected chi connectivity index (χ2v) is 3.41. The highest BCUT2D eigenvalue weighted by molar-refractivity contribution is 5.79. The lowest BCUT2D eigenvalue weighted by Crippen LogP contribution is -1.99. The van der Waals surface area contributed by atoms with Gasteiger partial charge < -0.3 is 9.30 Å². The van der Waals surface area contributed by atoms with Gasteiger partial charge >= 0.3 is 0 Å². The standard InChI is InChI=1S/C12H15NO/c1-14-10-4-8-13-9-7-11-5-2-3-6-12(11)13/h2-3,5-7,9H,4,8,10H2,1H3. The summed E-state index contributed by atoms with van der Waals surface area (Å²) >= 11 is 0. The molecule has 0 bridgehead atoms. The number of benzene rings is 1. The molecule has 0 N–H and O–H groups in total. The van der Waals surface area contributed by atoms with Crippen molar-refractivity contribution >= 4 is 10.9 Å². The molecule has 0 fully saturated rings. The van der Waals surface area contributed by atoms with Crippen LogP contribution in [0.25, 0.3) is 10.9 Å². The van der Waals surface area contributed by atoms with E-state index in [4.69, 9.17) is 4.74 Å². The van der Waals surface area contributed by atoms with E-state index in [1.807, 2.05) is 0 Å². The smallest absolute Gasteiger partial charge is 0.0480 e. The zero-order valence-corrected chi connectivity index (χ0v) is 8.44. The predicted molar refractivity (Wildman–Crippen MR) is 58.4 cm³/mol. The Labute approximate surface area is 84.1 Å². The van der Waals surface area contributed by atoms with Crippen LogP contribution in [0.3, 0.4) is 0 Å². The number of aryl methyl sites for hydroxylation is 1. The maximum Gasteiger partial charge on any atom is 0.0480 e. The predicted octanol–water partition coefficient (Wildman–Crippen LogP) is 2.68. The van der Waals surface area contributed by atoms with Crippen molar-refractivity contribution in [3.8, 4) is 0 Å². The van der Waals surface area contributed by atoms with Crippen LogP contribution in [0.15, 0.2) is 36.5 Å². The van der Waals surface area contributed by atoms with Crippen LogP contribution < -0.4 is 0 Å². The summed E-state index contributed by atoms with van der Waals surface area (Å²) in [6.45, 7) is 1.86. The Morgan fingerprint density at radius 3 is 2.93 bits per heavy atom. The minimum atomic E-state index is 0.826. The van der Waals surface area contributed by atoms with Gasteiger partial charge in [-0.05, 0) is 23.9 Å². The Bertz CT molecular complexity index is 405. The van der Waals surface area contributed by atoms with Crippen LogP contribution >= 0.6 is 0 Å². The Kier molecular flexibility index (Phi) is 2.84. The Hall–Kier alpha value is -1.28. The van der Waals surface area contributed by atoms with Crippen molar-refractivity contribution in [2.75, 3.05) is 13.7 Å². The number of para-hydroxylation sites is 1. The fourth-order valence-corrected chi connectivity index (χ4v) is 1.71. The third-order valence-electron chi connectivity index (χ3n) is 2.43. The summed E-state index contributed by atoms with van der Waals surface area (Å²) in [5.41, 5.74) is 1.31. The molecule has 0 aliphatic rings. The maximum atomic E-state index is 5.04. The van der Waals surface area contributed by atoms with Gasteiger partial charge in [0.2, 0.25) is 0 Å². The minimum absolute atomic E-state index is 0.826. The largest absolute Gasteiger partial charge is 0.385 e. The number of aromatic nitrogens is 1.